The molecule has 0 amide bonds. The van der Waals surface area contributed by atoms with Crippen LogP contribution in [0.4, 0.5) is 0 Å². The third-order valence-corrected chi connectivity index (χ3v) is 2.84. The first-order valence-electron chi connectivity index (χ1n) is 2.97. The highest BCUT2D eigenvalue weighted by Crippen LogP contribution is 2.08. The highest BCUT2D eigenvalue weighted by Gasteiger charge is 2.14. The smallest absolute Gasteiger partial charge is 0.140 e. The number of halogens is 1. The van der Waals surface area contributed by atoms with Gasteiger partial charge < -0.3 is 0 Å². The van der Waals surface area contributed by atoms with Gasteiger partial charge in [0, 0.05) is 27.4 Å². The van der Waals surface area contributed by atoms with Crippen LogP contribution in [0.5, 0.6) is 0 Å². The Hall–Kier alpha value is 0.390. The Labute approximate surface area is 71.5 Å². The molecular formula is C5H12BrNO2S. The van der Waals surface area contributed by atoms with Gasteiger partial charge in [0.05, 0.1) is 0 Å². The molecular weight excluding hydrogens is 218 g/mol. The fourth-order valence-electron chi connectivity index (χ4n) is 0.418. The summed E-state index contributed by atoms with van der Waals surface area (Å²) in [6, 6.07) is 0. The minimum absolute atomic E-state index is 0.143. The van der Waals surface area contributed by atoms with Crippen molar-refractivity contribution in [3.63, 3.8) is 0 Å². The Morgan fingerprint density at radius 3 is 2.30 bits per heavy atom. The lowest BCUT2D eigenvalue weighted by molar-refractivity contribution is 0.469. The molecule has 0 aliphatic heterocycles. The lowest BCUT2D eigenvalue weighted by Crippen LogP contribution is -2.33. The van der Waals surface area contributed by atoms with Crippen molar-refractivity contribution in [2.75, 3.05) is 5.75 Å². The summed E-state index contributed by atoms with van der Waals surface area (Å²) in [4.78, 5) is 0. The van der Waals surface area contributed by atoms with E-state index < -0.39 is 10.7 Å². The van der Waals surface area contributed by atoms with Gasteiger partial charge >= 0.3 is 0 Å². The van der Waals surface area contributed by atoms with Gasteiger partial charge in [-0.15, -0.1) is 0 Å². The monoisotopic (exact) mass is 229 g/mol. The first kappa shape index (κ1) is 10.4. The Bertz CT molecular complexity index is 159. The minimum atomic E-state index is -2.23. The van der Waals surface area contributed by atoms with Gasteiger partial charge in [0.2, 0.25) is 0 Å². The van der Waals surface area contributed by atoms with Crippen molar-refractivity contribution in [2.24, 2.45) is 0 Å². The molecule has 0 aliphatic carbocycles. The highest BCUT2D eigenvalue weighted by molar-refractivity contribution is 9.08. The van der Waals surface area contributed by atoms with Gasteiger partial charge in [-0.3, -0.25) is 4.34 Å². The molecule has 0 aromatic rings. The second-order valence-electron chi connectivity index (χ2n) is 2.78. The van der Waals surface area contributed by atoms with E-state index in [-0.39, 0.29) is 11.3 Å². The van der Waals surface area contributed by atoms with Gasteiger partial charge in [0.25, 0.3) is 0 Å². The second kappa shape index (κ2) is 4.31. The van der Waals surface area contributed by atoms with Crippen molar-refractivity contribution >= 4 is 26.9 Å². The molecule has 3 nitrogen and oxygen atoms in total. The summed E-state index contributed by atoms with van der Waals surface area (Å²) in [6.07, 6.45) is 0.622. The molecule has 0 aromatic carbocycles. The lowest BCUT2D eigenvalue weighted by atomic mass is 10.0. The molecule has 0 atom stereocenters. The van der Waals surface area contributed by atoms with Crippen LogP contribution in [-0.2, 0) is 10.7 Å². The van der Waals surface area contributed by atoms with Crippen LogP contribution in [0.15, 0.2) is 0 Å². The molecule has 0 rings (SSSR count). The van der Waals surface area contributed by atoms with Crippen LogP contribution in [-0.4, -0.2) is 19.7 Å². The Balaban J connectivity index is 3.67. The molecule has 0 radical (unpaired) electrons. The molecule has 10 heavy (non-hydrogen) atoms. The van der Waals surface area contributed by atoms with Crippen molar-refractivity contribution in [1.29, 1.82) is 0 Å². The molecule has 0 bridgehead atoms. The van der Waals surface area contributed by atoms with Gasteiger partial charge in [-0.25, -0.2) is 8.42 Å². The van der Waals surface area contributed by atoms with Crippen molar-refractivity contribution < 1.29 is 8.42 Å². The summed E-state index contributed by atoms with van der Waals surface area (Å²) in [6.45, 7) is 3.86. The van der Waals surface area contributed by atoms with Crippen LogP contribution in [0.3, 0.4) is 0 Å². The molecule has 0 saturated heterocycles. The topological polar surface area (TPSA) is 46.2 Å². The SMILES string of the molecule is CC(C)(CC[SH](=O)=O)NBr. The fourth-order valence-corrected chi connectivity index (χ4v) is 1.36. The van der Waals surface area contributed by atoms with Crippen LogP contribution in [0.25, 0.3) is 0 Å². The largest absolute Gasteiger partial charge is 0.250 e. The maximum atomic E-state index is 10.2. The van der Waals surface area contributed by atoms with Crippen LogP contribution < -0.4 is 4.34 Å². The summed E-state index contributed by atoms with van der Waals surface area (Å²) in [5.41, 5.74) is -0.143. The highest BCUT2D eigenvalue weighted by atomic mass is 79.9. The van der Waals surface area contributed by atoms with Crippen molar-refractivity contribution in [3.8, 4) is 0 Å². The Morgan fingerprint density at radius 2 is 2.00 bits per heavy atom. The predicted octanol–water partition coefficient (Wildman–Crippen LogP) is 0.666. The van der Waals surface area contributed by atoms with E-state index >= 15 is 0 Å². The molecule has 0 unspecified atom stereocenters. The van der Waals surface area contributed by atoms with E-state index in [4.69, 9.17) is 0 Å². The number of hydrogen-bond donors (Lipinski definition) is 2. The zero-order valence-corrected chi connectivity index (χ0v) is 8.54. The third-order valence-electron chi connectivity index (χ3n) is 1.18. The Kier molecular flexibility index (Phi) is 4.47. The molecule has 0 saturated carbocycles. The van der Waals surface area contributed by atoms with Crippen LogP contribution >= 0.6 is 16.1 Å². The van der Waals surface area contributed by atoms with E-state index in [2.05, 4.69) is 20.5 Å². The maximum Gasteiger partial charge on any atom is 0.140 e. The first-order chi connectivity index (χ1) is 4.48. The minimum Gasteiger partial charge on any atom is -0.250 e. The predicted molar refractivity (Wildman–Crippen MR) is 45.9 cm³/mol. The average Bonchev–Trinajstić information content (AvgIpc) is 1.85. The van der Waals surface area contributed by atoms with Crippen LogP contribution in [0, 0.1) is 0 Å². The lowest BCUT2D eigenvalue weighted by Gasteiger charge is -2.20. The zero-order chi connectivity index (χ0) is 8.20. The average molecular weight is 230 g/mol. The van der Waals surface area contributed by atoms with Gasteiger partial charge in [-0.05, 0) is 20.3 Å². The molecule has 0 heterocycles. The first-order valence-corrected chi connectivity index (χ1v) is 5.13. The number of thiol groups is 1. The van der Waals surface area contributed by atoms with Crippen molar-refractivity contribution in [3.05, 3.63) is 0 Å². The normalized spacial score (nSPS) is 12.4. The van der Waals surface area contributed by atoms with E-state index in [9.17, 15) is 8.42 Å². The van der Waals surface area contributed by atoms with Gasteiger partial charge in [-0.2, -0.15) is 0 Å². The third kappa shape index (κ3) is 5.20. The van der Waals surface area contributed by atoms with Crippen LogP contribution in [0.1, 0.15) is 20.3 Å². The summed E-state index contributed by atoms with van der Waals surface area (Å²) >= 11 is 3.07. The summed E-state index contributed by atoms with van der Waals surface area (Å²) in [7, 11) is -2.23. The standard InChI is InChI=1S/C5H12BrNO2S/c1-5(2,7-6)3-4-10(8)9/h7,10H,3-4H2,1-2H3. The van der Waals surface area contributed by atoms with E-state index in [0.717, 1.165) is 0 Å². The molecule has 0 spiro atoms. The summed E-state index contributed by atoms with van der Waals surface area (Å²) in [5.74, 6) is 0.237. The molecule has 1 N–H and O–H groups in total. The van der Waals surface area contributed by atoms with Gasteiger partial charge in [0.15, 0.2) is 0 Å². The molecule has 0 fully saturated rings. The fraction of sp³-hybridized carbons (Fsp3) is 1.00. The Morgan fingerprint density at radius 1 is 1.50 bits per heavy atom. The van der Waals surface area contributed by atoms with E-state index in [0.29, 0.717) is 6.42 Å². The molecule has 0 aliphatic rings. The second-order valence-corrected chi connectivity index (χ2v) is 4.29. The summed E-state index contributed by atoms with van der Waals surface area (Å²) < 4.78 is 23.2. The number of nitrogens with one attached hydrogen (secondary N) is 1. The van der Waals surface area contributed by atoms with E-state index in [1.807, 2.05) is 13.8 Å². The summed E-state index contributed by atoms with van der Waals surface area (Å²) in [5, 5.41) is 0. The van der Waals surface area contributed by atoms with Gasteiger partial charge in [-0.1, -0.05) is 0 Å². The maximum absolute atomic E-state index is 10.2. The van der Waals surface area contributed by atoms with Crippen LogP contribution in [0.2, 0.25) is 0 Å². The zero-order valence-electron chi connectivity index (χ0n) is 6.06. The number of rotatable bonds is 4. The molecule has 62 valence electrons. The van der Waals surface area contributed by atoms with Gasteiger partial charge in [0.1, 0.15) is 10.7 Å². The van der Waals surface area contributed by atoms with E-state index in [1.165, 1.54) is 0 Å². The number of hydrogen-bond acceptors (Lipinski definition) is 3. The molecule has 5 heteroatoms. The molecule has 0 aromatic heterocycles. The van der Waals surface area contributed by atoms with Crippen molar-refractivity contribution in [1.82, 2.24) is 4.34 Å². The van der Waals surface area contributed by atoms with Crippen molar-refractivity contribution in [2.45, 2.75) is 25.8 Å². The quantitative estimate of drug-likeness (QED) is 0.551. The van der Waals surface area contributed by atoms with E-state index in [1.54, 1.807) is 0 Å².